The largest absolute Gasteiger partial charge is 0.493 e. The molecule has 1 atom stereocenters. The van der Waals surface area contributed by atoms with E-state index in [1.54, 1.807) is 0 Å². The molecule has 1 unspecified atom stereocenters. The van der Waals surface area contributed by atoms with Gasteiger partial charge in [0.15, 0.2) is 0 Å². The predicted octanol–water partition coefficient (Wildman–Crippen LogP) is 3.93. The molecule has 0 aliphatic heterocycles. The average Bonchev–Trinajstić information content (AvgIpc) is 2.38. The van der Waals surface area contributed by atoms with Crippen LogP contribution in [0, 0.1) is 6.92 Å². The van der Waals surface area contributed by atoms with Gasteiger partial charge in [0.25, 0.3) is 0 Å². The van der Waals surface area contributed by atoms with Gasteiger partial charge in [-0.15, -0.1) is 0 Å². The lowest BCUT2D eigenvalue weighted by Gasteiger charge is -2.13. The maximum absolute atomic E-state index is 5.78. The topological polar surface area (TPSA) is 21.3 Å². The summed E-state index contributed by atoms with van der Waals surface area (Å²) in [7, 11) is 0. The van der Waals surface area contributed by atoms with Gasteiger partial charge in [-0.3, -0.25) is 0 Å². The Morgan fingerprint density at radius 3 is 2.72 bits per heavy atom. The van der Waals surface area contributed by atoms with Crippen LogP contribution >= 0.6 is 0 Å². The van der Waals surface area contributed by atoms with Crippen LogP contribution in [0.25, 0.3) is 0 Å². The molecule has 1 aromatic rings. The van der Waals surface area contributed by atoms with Gasteiger partial charge in [-0.2, -0.15) is 0 Å². The highest BCUT2D eigenvalue weighted by Gasteiger charge is 2.01. The van der Waals surface area contributed by atoms with Crippen LogP contribution in [0.1, 0.15) is 45.1 Å². The van der Waals surface area contributed by atoms with E-state index >= 15 is 0 Å². The lowest BCUT2D eigenvalue weighted by atomic mass is 10.1. The number of para-hydroxylation sites is 1. The van der Waals surface area contributed by atoms with Crippen LogP contribution in [0.5, 0.6) is 5.75 Å². The average molecular weight is 249 g/mol. The van der Waals surface area contributed by atoms with Gasteiger partial charge < -0.3 is 10.1 Å². The second-order valence-electron chi connectivity index (χ2n) is 4.96. The van der Waals surface area contributed by atoms with E-state index in [0.717, 1.165) is 25.3 Å². The first-order valence-electron chi connectivity index (χ1n) is 7.16. The number of unbranched alkanes of at least 4 members (excludes halogenated alkanes) is 1. The van der Waals surface area contributed by atoms with Gasteiger partial charge in [0, 0.05) is 6.04 Å². The first-order valence-corrected chi connectivity index (χ1v) is 7.16. The molecule has 0 fully saturated rings. The molecule has 0 heterocycles. The van der Waals surface area contributed by atoms with Crippen molar-refractivity contribution < 1.29 is 4.74 Å². The number of benzene rings is 1. The van der Waals surface area contributed by atoms with E-state index in [0.29, 0.717) is 6.04 Å². The number of ether oxygens (including phenoxy) is 1. The molecule has 0 amide bonds. The number of hydrogen-bond donors (Lipinski definition) is 1. The minimum atomic E-state index is 0.628. The Labute approximate surface area is 112 Å². The standard InChI is InChI=1S/C16H27NO/c1-4-12-17-15(3)10-7-8-13-18-16-11-6-5-9-14(16)2/h5-6,9,11,15,17H,4,7-8,10,12-13H2,1-3H3. The maximum atomic E-state index is 5.78. The highest BCUT2D eigenvalue weighted by atomic mass is 16.5. The summed E-state index contributed by atoms with van der Waals surface area (Å²) in [5.41, 5.74) is 1.22. The lowest BCUT2D eigenvalue weighted by Crippen LogP contribution is -2.26. The molecule has 18 heavy (non-hydrogen) atoms. The molecule has 1 aromatic carbocycles. The molecule has 2 heteroatoms. The summed E-state index contributed by atoms with van der Waals surface area (Å²) in [6.45, 7) is 8.51. The van der Waals surface area contributed by atoms with Crippen molar-refractivity contribution in [1.82, 2.24) is 5.32 Å². The Morgan fingerprint density at radius 2 is 2.00 bits per heavy atom. The van der Waals surface area contributed by atoms with Crippen LogP contribution in [0.4, 0.5) is 0 Å². The van der Waals surface area contributed by atoms with E-state index in [-0.39, 0.29) is 0 Å². The Hall–Kier alpha value is -1.02. The van der Waals surface area contributed by atoms with E-state index in [1.807, 2.05) is 18.2 Å². The molecular formula is C16H27NO. The number of hydrogen-bond acceptors (Lipinski definition) is 2. The van der Waals surface area contributed by atoms with Crippen molar-refractivity contribution in [2.24, 2.45) is 0 Å². The molecule has 0 spiro atoms. The predicted molar refractivity (Wildman–Crippen MR) is 78.3 cm³/mol. The van der Waals surface area contributed by atoms with Crippen LogP contribution in [-0.2, 0) is 0 Å². The fourth-order valence-electron chi connectivity index (χ4n) is 1.95. The van der Waals surface area contributed by atoms with E-state index in [9.17, 15) is 0 Å². The van der Waals surface area contributed by atoms with Gasteiger partial charge in [-0.1, -0.05) is 25.1 Å². The first kappa shape index (κ1) is 15.0. The highest BCUT2D eigenvalue weighted by molar-refractivity contribution is 5.31. The van der Waals surface area contributed by atoms with Gasteiger partial charge in [0.2, 0.25) is 0 Å². The summed E-state index contributed by atoms with van der Waals surface area (Å²) in [5.74, 6) is 1.02. The molecule has 0 aromatic heterocycles. The Balaban J connectivity index is 2.07. The Morgan fingerprint density at radius 1 is 1.22 bits per heavy atom. The molecule has 0 radical (unpaired) electrons. The van der Waals surface area contributed by atoms with Gasteiger partial charge in [0.1, 0.15) is 5.75 Å². The summed E-state index contributed by atoms with van der Waals surface area (Å²) < 4.78 is 5.78. The van der Waals surface area contributed by atoms with E-state index in [2.05, 4.69) is 32.2 Å². The quantitative estimate of drug-likeness (QED) is 0.669. The van der Waals surface area contributed by atoms with Crippen molar-refractivity contribution in [3.63, 3.8) is 0 Å². The SMILES string of the molecule is CCCNC(C)CCCCOc1ccccc1C. The van der Waals surface area contributed by atoms with Gasteiger partial charge in [-0.25, -0.2) is 0 Å². The van der Waals surface area contributed by atoms with Gasteiger partial charge in [-0.05, 0) is 57.7 Å². The first-order chi connectivity index (χ1) is 8.74. The van der Waals surface area contributed by atoms with Crippen LogP contribution in [0.15, 0.2) is 24.3 Å². The third-order valence-electron chi connectivity index (χ3n) is 3.13. The molecule has 0 aliphatic rings. The van der Waals surface area contributed by atoms with E-state index < -0.39 is 0 Å². The van der Waals surface area contributed by atoms with Crippen LogP contribution < -0.4 is 10.1 Å². The summed E-state index contributed by atoms with van der Waals surface area (Å²) >= 11 is 0. The molecule has 1 rings (SSSR count). The summed E-state index contributed by atoms with van der Waals surface area (Å²) in [5, 5.41) is 3.51. The van der Waals surface area contributed by atoms with Crippen LogP contribution in [0.2, 0.25) is 0 Å². The van der Waals surface area contributed by atoms with Crippen molar-refractivity contribution in [3.05, 3.63) is 29.8 Å². The van der Waals surface area contributed by atoms with Crippen LogP contribution in [-0.4, -0.2) is 19.2 Å². The van der Waals surface area contributed by atoms with Gasteiger partial charge >= 0.3 is 0 Å². The summed E-state index contributed by atoms with van der Waals surface area (Å²) in [6.07, 6.45) is 4.80. The second kappa shape index (κ2) is 8.98. The zero-order chi connectivity index (χ0) is 13.2. The normalized spacial score (nSPS) is 12.4. The monoisotopic (exact) mass is 249 g/mol. The van der Waals surface area contributed by atoms with Crippen molar-refractivity contribution in [2.75, 3.05) is 13.2 Å². The number of nitrogens with one attached hydrogen (secondary N) is 1. The fourth-order valence-corrected chi connectivity index (χ4v) is 1.95. The Kier molecular flexibility index (Phi) is 7.51. The zero-order valence-corrected chi connectivity index (χ0v) is 12.0. The lowest BCUT2D eigenvalue weighted by molar-refractivity contribution is 0.300. The van der Waals surface area contributed by atoms with Crippen molar-refractivity contribution in [1.29, 1.82) is 0 Å². The third-order valence-corrected chi connectivity index (χ3v) is 3.13. The summed E-state index contributed by atoms with van der Waals surface area (Å²) in [6, 6.07) is 8.83. The van der Waals surface area contributed by atoms with E-state index in [1.165, 1.54) is 24.8 Å². The molecular weight excluding hydrogens is 222 g/mol. The van der Waals surface area contributed by atoms with E-state index in [4.69, 9.17) is 4.74 Å². The van der Waals surface area contributed by atoms with Crippen LogP contribution in [0.3, 0.4) is 0 Å². The fraction of sp³-hybridized carbons (Fsp3) is 0.625. The minimum Gasteiger partial charge on any atom is -0.493 e. The maximum Gasteiger partial charge on any atom is 0.122 e. The smallest absolute Gasteiger partial charge is 0.122 e. The molecule has 1 N–H and O–H groups in total. The molecule has 0 saturated carbocycles. The summed E-state index contributed by atoms with van der Waals surface area (Å²) in [4.78, 5) is 0. The molecule has 0 saturated heterocycles. The second-order valence-corrected chi connectivity index (χ2v) is 4.96. The minimum absolute atomic E-state index is 0.628. The van der Waals surface area contributed by atoms with Crippen molar-refractivity contribution in [3.8, 4) is 5.75 Å². The van der Waals surface area contributed by atoms with Gasteiger partial charge in [0.05, 0.1) is 6.61 Å². The number of rotatable bonds is 9. The third kappa shape index (κ3) is 6.06. The molecule has 0 aliphatic carbocycles. The van der Waals surface area contributed by atoms with Crippen molar-refractivity contribution >= 4 is 0 Å². The molecule has 102 valence electrons. The zero-order valence-electron chi connectivity index (χ0n) is 12.0. The molecule has 2 nitrogen and oxygen atoms in total. The Bertz CT molecular complexity index is 325. The number of aryl methyl sites for hydroxylation is 1. The van der Waals surface area contributed by atoms with Crippen molar-refractivity contribution in [2.45, 2.75) is 52.5 Å². The highest BCUT2D eigenvalue weighted by Crippen LogP contribution is 2.16. The molecule has 0 bridgehead atoms.